The fraction of sp³-hybridized carbons (Fsp3) is 0.733. The third kappa shape index (κ3) is 3.56. The molecule has 0 bridgehead atoms. The topological polar surface area (TPSA) is 67.6 Å². The van der Waals surface area contributed by atoms with Crippen molar-refractivity contribution in [3.05, 3.63) is 12.0 Å². The van der Waals surface area contributed by atoms with Crippen LogP contribution in [0.25, 0.3) is 0 Å². The van der Waals surface area contributed by atoms with Gasteiger partial charge in [-0.15, -0.1) is 0 Å². The average Bonchev–Trinajstić information content (AvgIpc) is 3.22. The van der Waals surface area contributed by atoms with Gasteiger partial charge in [-0.1, -0.05) is 6.42 Å². The minimum absolute atomic E-state index is 0.258. The van der Waals surface area contributed by atoms with Crippen LogP contribution in [0.2, 0.25) is 0 Å². The van der Waals surface area contributed by atoms with Crippen LogP contribution < -0.4 is 10.2 Å². The molecule has 6 heteroatoms. The smallest absolute Gasteiger partial charge is 0.360 e. The van der Waals surface area contributed by atoms with Crippen molar-refractivity contribution in [3.63, 3.8) is 0 Å². The standard InChI is InChI=1S/C15H23N3O3/c1-2-20-14(19)13-10-21-15(17-13)18(12-6-7-12)9-11-5-3-4-8-16-11/h10-12,16H,2-9H2,1H3. The zero-order chi connectivity index (χ0) is 14.7. The van der Waals surface area contributed by atoms with Crippen LogP contribution >= 0.6 is 0 Å². The first-order valence-electron chi connectivity index (χ1n) is 7.90. The molecule has 1 N–H and O–H groups in total. The Kier molecular flexibility index (Phi) is 4.43. The zero-order valence-electron chi connectivity index (χ0n) is 12.5. The van der Waals surface area contributed by atoms with E-state index in [1.54, 1.807) is 6.92 Å². The number of oxazole rings is 1. The molecule has 1 aromatic rings. The van der Waals surface area contributed by atoms with Gasteiger partial charge in [-0.05, 0) is 39.2 Å². The van der Waals surface area contributed by atoms with E-state index in [4.69, 9.17) is 9.15 Å². The van der Waals surface area contributed by atoms with Crippen LogP contribution in [0.15, 0.2) is 10.7 Å². The lowest BCUT2D eigenvalue weighted by Gasteiger charge is -2.29. The molecule has 2 aliphatic rings. The number of piperidine rings is 1. The molecule has 6 nitrogen and oxygen atoms in total. The van der Waals surface area contributed by atoms with Crippen LogP contribution in [0.3, 0.4) is 0 Å². The van der Waals surface area contributed by atoms with E-state index in [0.29, 0.717) is 24.7 Å². The number of carbonyl (C=O) groups excluding carboxylic acids is 1. The largest absolute Gasteiger partial charge is 0.461 e. The van der Waals surface area contributed by atoms with Crippen LogP contribution in [0.4, 0.5) is 6.01 Å². The molecule has 3 rings (SSSR count). The molecule has 0 amide bonds. The van der Waals surface area contributed by atoms with Crippen LogP contribution in [-0.4, -0.2) is 42.7 Å². The highest BCUT2D eigenvalue weighted by atomic mass is 16.5. The van der Waals surface area contributed by atoms with E-state index >= 15 is 0 Å². The lowest BCUT2D eigenvalue weighted by atomic mass is 10.0. The van der Waals surface area contributed by atoms with Crippen molar-refractivity contribution < 1.29 is 13.9 Å². The van der Waals surface area contributed by atoms with E-state index in [1.807, 2.05) is 0 Å². The van der Waals surface area contributed by atoms with E-state index in [-0.39, 0.29) is 5.69 Å². The Morgan fingerprint density at radius 1 is 1.48 bits per heavy atom. The molecular formula is C15H23N3O3. The van der Waals surface area contributed by atoms with Crippen molar-refractivity contribution in [2.45, 2.75) is 51.1 Å². The Morgan fingerprint density at radius 2 is 2.33 bits per heavy atom. The van der Waals surface area contributed by atoms with E-state index < -0.39 is 5.97 Å². The maximum Gasteiger partial charge on any atom is 0.360 e. The van der Waals surface area contributed by atoms with Crippen molar-refractivity contribution in [1.29, 1.82) is 0 Å². The number of aromatic nitrogens is 1. The van der Waals surface area contributed by atoms with Crippen LogP contribution in [0, 0.1) is 0 Å². The predicted molar refractivity (Wildman–Crippen MR) is 78.5 cm³/mol. The number of hydrogen-bond acceptors (Lipinski definition) is 6. The Bertz CT molecular complexity index is 478. The molecule has 0 spiro atoms. The second-order valence-corrected chi connectivity index (χ2v) is 5.77. The molecule has 1 aliphatic heterocycles. The SMILES string of the molecule is CCOC(=O)c1coc(N(CC2CCCCN2)C2CC2)n1. The molecule has 0 aromatic carbocycles. The molecule has 116 valence electrons. The summed E-state index contributed by atoms with van der Waals surface area (Å²) in [5.41, 5.74) is 0.258. The monoisotopic (exact) mass is 293 g/mol. The number of rotatable bonds is 6. The van der Waals surface area contributed by atoms with Crippen LogP contribution in [0.1, 0.15) is 49.5 Å². The van der Waals surface area contributed by atoms with Crippen LogP contribution in [0.5, 0.6) is 0 Å². The molecule has 1 saturated carbocycles. The summed E-state index contributed by atoms with van der Waals surface area (Å²) >= 11 is 0. The van der Waals surface area contributed by atoms with Gasteiger partial charge in [0.2, 0.25) is 0 Å². The summed E-state index contributed by atoms with van der Waals surface area (Å²) < 4.78 is 10.5. The molecule has 1 saturated heterocycles. The first-order chi connectivity index (χ1) is 10.3. The summed E-state index contributed by atoms with van der Waals surface area (Å²) in [6.07, 6.45) is 7.46. The summed E-state index contributed by atoms with van der Waals surface area (Å²) in [6.45, 7) is 4.11. The van der Waals surface area contributed by atoms with Gasteiger partial charge in [-0.3, -0.25) is 0 Å². The van der Waals surface area contributed by atoms with Gasteiger partial charge in [0.05, 0.1) is 6.61 Å². The lowest BCUT2D eigenvalue weighted by Crippen LogP contribution is -2.44. The Morgan fingerprint density at radius 3 is 3.00 bits per heavy atom. The normalized spacial score (nSPS) is 22.0. The summed E-state index contributed by atoms with van der Waals surface area (Å²) in [7, 11) is 0. The van der Waals surface area contributed by atoms with Crippen molar-refractivity contribution >= 4 is 12.0 Å². The number of nitrogens with one attached hydrogen (secondary N) is 1. The fourth-order valence-electron chi connectivity index (χ4n) is 2.78. The highest BCUT2D eigenvalue weighted by molar-refractivity contribution is 5.87. The average molecular weight is 293 g/mol. The quantitative estimate of drug-likeness (QED) is 0.809. The maximum atomic E-state index is 11.7. The molecule has 21 heavy (non-hydrogen) atoms. The molecule has 1 atom stereocenters. The van der Waals surface area contributed by atoms with Crippen molar-refractivity contribution in [2.24, 2.45) is 0 Å². The Labute approximate surface area is 124 Å². The number of ether oxygens (including phenoxy) is 1. The molecular weight excluding hydrogens is 270 g/mol. The molecule has 2 heterocycles. The first-order valence-corrected chi connectivity index (χ1v) is 7.90. The van der Waals surface area contributed by atoms with Gasteiger partial charge in [0.25, 0.3) is 6.01 Å². The fourth-order valence-corrected chi connectivity index (χ4v) is 2.78. The van der Waals surface area contributed by atoms with E-state index in [2.05, 4.69) is 15.2 Å². The lowest BCUT2D eigenvalue weighted by molar-refractivity contribution is 0.0519. The molecule has 1 aliphatic carbocycles. The number of esters is 1. The first kappa shape index (κ1) is 14.4. The summed E-state index contributed by atoms with van der Waals surface area (Å²) in [4.78, 5) is 18.2. The number of carbonyl (C=O) groups is 1. The third-order valence-electron chi connectivity index (χ3n) is 4.04. The third-order valence-corrected chi connectivity index (χ3v) is 4.04. The minimum atomic E-state index is -0.418. The Hall–Kier alpha value is -1.56. The summed E-state index contributed by atoms with van der Waals surface area (Å²) in [6, 6.07) is 1.53. The van der Waals surface area contributed by atoms with Crippen molar-refractivity contribution in [2.75, 3.05) is 24.6 Å². The summed E-state index contributed by atoms with van der Waals surface area (Å²) in [5, 5.41) is 3.55. The van der Waals surface area contributed by atoms with Gasteiger partial charge in [0.15, 0.2) is 5.69 Å². The van der Waals surface area contributed by atoms with Gasteiger partial charge in [-0.25, -0.2) is 4.79 Å². The number of nitrogens with zero attached hydrogens (tertiary/aromatic N) is 2. The van der Waals surface area contributed by atoms with Gasteiger partial charge in [0, 0.05) is 18.6 Å². The second kappa shape index (κ2) is 6.47. The van der Waals surface area contributed by atoms with E-state index in [1.165, 1.54) is 38.4 Å². The van der Waals surface area contributed by atoms with Crippen molar-refractivity contribution in [1.82, 2.24) is 10.3 Å². The molecule has 1 aromatic heterocycles. The molecule has 1 unspecified atom stereocenters. The van der Waals surface area contributed by atoms with Crippen molar-refractivity contribution in [3.8, 4) is 0 Å². The number of anilines is 1. The van der Waals surface area contributed by atoms with Gasteiger partial charge in [-0.2, -0.15) is 4.98 Å². The van der Waals surface area contributed by atoms with E-state index in [9.17, 15) is 4.79 Å². The highest BCUT2D eigenvalue weighted by Gasteiger charge is 2.34. The zero-order valence-corrected chi connectivity index (χ0v) is 12.5. The highest BCUT2D eigenvalue weighted by Crippen LogP contribution is 2.32. The van der Waals surface area contributed by atoms with Crippen LogP contribution in [-0.2, 0) is 4.74 Å². The van der Waals surface area contributed by atoms with Gasteiger partial charge >= 0.3 is 5.97 Å². The molecule has 0 radical (unpaired) electrons. The van der Waals surface area contributed by atoms with E-state index in [0.717, 1.165) is 13.1 Å². The maximum absolute atomic E-state index is 11.7. The predicted octanol–water partition coefficient (Wildman–Crippen LogP) is 1.96. The molecule has 2 fully saturated rings. The second-order valence-electron chi connectivity index (χ2n) is 5.77. The Balaban J connectivity index is 1.67. The van der Waals surface area contributed by atoms with Gasteiger partial charge < -0.3 is 19.4 Å². The number of hydrogen-bond donors (Lipinski definition) is 1. The minimum Gasteiger partial charge on any atom is -0.461 e. The van der Waals surface area contributed by atoms with Gasteiger partial charge in [0.1, 0.15) is 6.26 Å². The summed E-state index contributed by atoms with van der Waals surface area (Å²) in [5.74, 6) is -0.418.